The highest BCUT2D eigenvalue weighted by Crippen LogP contribution is 2.35. The maximum atomic E-state index is 13.8. The number of nitrogens with zero attached hydrogens (tertiary/aromatic N) is 5. The Kier molecular flexibility index (Phi) is 7.51. The lowest BCUT2D eigenvalue weighted by molar-refractivity contribution is 0.0569. The van der Waals surface area contributed by atoms with Crippen molar-refractivity contribution in [2.45, 2.75) is 57.8 Å². The second kappa shape index (κ2) is 10.8. The fourth-order valence-corrected chi connectivity index (χ4v) is 5.74. The predicted molar refractivity (Wildman–Crippen MR) is 146 cm³/mol. The molecule has 11 heteroatoms. The number of aromatic amines is 1. The molecule has 5 rings (SSSR count). The molecule has 3 aromatic heterocycles. The number of hydrogen-bond donors (Lipinski definition) is 1. The van der Waals surface area contributed by atoms with E-state index in [1.54, 1.807) is 31.6 Å². The van der Waals surface area contributed by atoms with Crippen molar-refractivity contribution < 1.29 is 14.2 Å². The zero-order chi connectivity index (χ0) is 26.9. The summed E-state index contributed by atoms with van der Waals surface area (Å²) in [7, 11) is 3.17. The van der Waals surface area contributed by atoms with E-state index in [1.807, 2.05) is 22.9 Å². The Bertz CT molecular complexity index is 1440. The maximum Gasteiger partial charge on any atom is 0.253 e. The van der Waals surface area contributed by atoms with Crippen molar-refractivity contribution in [3.8, 4) is 11.5 Å². The first-order valence-electron chi connectivity index (χ1n) is 12.7. The summed E-state index contributed by atoms with van der Waals surface area (Å²) in [6, 6.07) is 9.21. The van der Waals surface area contributed by atoms with Crippen molar-refractivity contribution in [1.29, 1.82) is 0 Å². The average Bonchev–Trinajstić information content (AvgIpc) is 3.67. The van der Waals surface area contributed by atoms with Crippen molar-refractivity contribution in [3.63, 3.8) is 0 Å². The molecule has 0 aliphatic carbocycles. The van der Waals surface area contributed by atoms with Gasteiger partial charge in [0.25, 0.3) is 5.56 Å². The van der Waals surface area contributed by atoms with Crippen molar-refractivity contribution in [2.75, 3.05) is 27.4 Å². The molecule has 4 heterocycles. The summed E-state index contributed by atoms with van der Waals surface area (Å²) in [4.78, 5) is 20.3. The molecule has 2 atom stereocenters. The zero-order valence-electron chi connectivity index (χ0n) is 22.4. The highest BCUT2D eigenvalue weighted by molar-refractivity contribution is 7.09. The predicted octanol–water partition coefficient (Wildman–Crippen LogP) is 4.12. The lowest BCUT2D eigenvalue weighted by Gasteiger charge is -2.34. The Morgan fingerprint density at radius 2 is 2.03 bits per heavy atom. The average molecular weight is 539 g/mol. The summed E-state index contributed by atoms with van der Waals surface area (Å²) in [6.07, 6.45) is 2.07. The summed E-state index contributed by atoms with van der Waals surface area (Å²) >= 11 is 1.69. The molecule has 10 nitrogen and oxygen atoms in total. The Morgan fingerprint density at radius 1 is 1.24 bits per heavy atom. The minimum Gasteiger partial charge on any atom is -0.493 e. The molecule has 1 N–H and O–H groups in total. The Balaban J connectivity index is 1.70. The number of methoxy groups -OCH3 is 2. The van der Waals surface area contributed by atoms with E-state index in [1.165, 1.54) is 4.88 Å². The van der Waals surface area contributed by atoms with Gasteiger partial charge in [-0.1, -0.05) is 6.07 Å². The van der Waals surface area contributed by atoms with Crippen molar-refractivity contribution in [3.05, 3.63) is 62.3 Å². The van der Waals surface area contributed by atoms with Gasteiger partial charge in [0.05, 0.1) is 31.4 Å². The van der Waals surface area contributed by atoms with Crippen LogP contribution in [0.3, 0.4) is 0 Å². The van der Waals surface area contributed by atoms with E-state index in [0.717, 1.165) is 24.8 Å². The number of benzene rings is 1. The smallest absolute Gasteiger partial charge is 0.253 e. The largest absolute Gasteiger partial charge is 0.493 e. The first-order chi connectivity index (χ1) is 18.3. The Hall–Kier alpha value is -3.28. The van der Waals surface area contributed by atoms with E-state index in [0.29, 0.717) is 41.5 Å². The zero-order valence-corrected chi connectivity index (χ0v) is 23.2. The van der Waals surface area contributed by atoms with Gasteiger partial charge >= 0.3 is 0 Å². The molecule has 1 aliphatic heterocycles. The number of aromatic nitrogens is 5. The summed E-state index contributed by atoms with van der Waals surface area (Å²) < 4.78 is 18.8. The highest BCUT2D eigenvalue weighted by Gasteiger charge is 2.35. The second-order valence-corrected chi connectivity index (χ2v) is 11.5. The summed E-state index contributed by atoms with van der Waals surface area (Å²) in [6.45, 7) is 8.17. The topological polar surface area (TPSA) is 107 Å². The molecule has 4 aromatic rings. The van der Waals surface area contributed by atoms with E-state index >= 15 is 0 Å². The number of fused-ring (bicyclic) bond motifs is 1. The fourth-order valence-electron chi connectivity index (χ4n) is 5.01. The van der Waals surface area contributed by atoms with Crippen LogP contribution in [0.15, 0.2) is 40.5 Å². The van der Waals surface area contributed by atoms with Gasteiger partial charge in [0.15, 0.2) is 17.3 Å². The van der Waals surface area contributed by atoms with Crippen molar-refractivity contribution in [2.24, 2.45) is 0 Å². The number of nitrogens with one attached hydrogen (secondary N) is 1. The van der Waals surface area contributed by atoms with Crippen LogP contribution in [0.4, 0.5) is 0 Å². The number of H-pyrrole nitrogens is 1. The number of tetrazole rings is 1. The number of thiophene rings is 1. The monoisotopic (exact) mass is 538 g/mol. The van der Waals surface area contributed by atoms with Crippen LogP contribution >= 0.6 is 11.3 Å². The van der Waals surface area contributed by atoms with Gasteiger partial charge in [-0.2, -0.15) is 0 Å². The molecule has 0 saturated carbocycles. The molecular formula is C27H34N6O4S. The van der Waals surface area contributed by atoms with Gasteiger partial charge in [0, 0.05) is 41.6 Å². The number of rotatable bonds is 9. The van der Waals surface area contributed by atoms with Crippen molar-refractivity contribution in [1.82, 2.24) is 30.1 Å². The molecule has 0 bridgehead atoms. The molecule has 0 unspecified atom stereocenters. The Morgan fingerprint density at radius 3 is 2.68 bits per heavy atom. The molecule has 1 saturated heterocycles. The van der Waals surface area contributed by atoms with Gasteiger partial charge in [0.1, 0.15) is 6.04 Å². The third kappa shape index (κ3) is 5.31. The maximum absolute atomic E-state index is 13.8. The van der Waals surface area contributed by atoms with Crippen LogP contribution in [0.1, 0.15) is 55.9 Å². The van der Waals surface area contributed by atoms with Crippen LogP contribution < -0.4 is 15.0 Å². The number of hydrogen-bond acceptors (Lipinski definition) is 9. The molecule has 1 aromatic carbocycles. The normalized spacial score (nSPS) is 16.8. The van der Waals surface area contributed by atoms with E-state index in [2.05, 4.69) is 57.6 Å². The lowest BCUT2D eigenvalue weighted by Crippen LogP contribution is -2.40. The standard InChI is InChI=1S/C27H34N6O4S/c1-27(2,3)33-25(29-30-31-33)24(32(15-18-8-6-10-37-18)16-19-9-7-11-38-19)20-12-17-13-22(35-4)23(36-5)14-21(17)28-26(20)34/h7,9,11-14,18,24H,6,8,10,15-16H2,1-5H3,(H,28,34)/t18-,24-/m1/s1. The summed E-state index contributed by atoms with van der Waals surface area (Å²) in [5, 5.41) is 15.8. The minimum atomic E-state index is -0.517. The molecule has 202 valence electrons. The number of pyridine rings is 1. The molecule has 1 aliphatic rings. The number of ether oxygens (including phenoxy) is 3. The Labute approximate surface area is 225 Å². The summed E-state index contributed by atoms with van der Waals surface area (Å²) in [5.74, 6) is 1.75. The van der Waals surface area contributed by atoms with Gasteiger partial charge in [-0.25, -0.2) is 4.68 Å². The first kappa shape index (κ1) is 26.3. The molecule has 0 amide bonds. The van der Waals surface area contributed by atoms with Crippen LogP contribution in [-0.2, 0) is 16.8 Å². The van der Waals surface area contributed by atoms with Gasteiger partial charge in [0.2, 0.25) is 0 Å². The molecular weight excluding hydrogens is 504 g/mol. The second-order valence-electron chi connectivity index (χ2n) is 10.5. The SMILES string of the molecule is COc1cc2cc([C@H](c3nnnn3C(C)(C)C)N(Cc3cccs3)C[C@H]3CCCO3)c(=O)[nH]c2cc1OC. The highest BCUT2D eigenvalue weighted by atomic mass is 32.1. The van der Waals surface area contributed by atoms with Crippen LogP contribution in [0.2, 0.25) is 0 Å². The third-order valence-electron chi connectivity index (χ3n) is 6.81. The van der Waals surface area contributed by atoms with E-state index in [9.17, 15) is 4.79 Å². The van der Waals surface area contributed by atoms with E-state index in [4.69, 9.17) is 14.2 Å². The van der Waals surface area contributed by atoms with Crippen LogP contribution in [-0.4, -0.2) is 63.6 Å². The molecule has 1 fully saturated rings. The molecule has 0 spiro atoms. The van der Waals surface area contributed by atoms with Crippen LogP contribution in [0.5, 0.6) is 11.5 Å². The van der Waals surface area contributed by atoms with Gasteiger partial charge < -0.3 is 19.2 Å². The van der Waals surface area contributed by atoms with Crippen molar-refractivity contribution >= 4 is 22.2 Å². The third-order valence-corrected chi connectivity index (χ3v) is 7.67. The fraction of sp³-hybridized carbons (Fsp3) is 0.481. The minimum absolute atomic E-state index is 0.0697. The van der Waals surface area contributed by atoms with Gasteiger partial charge in [-0.05, 0) is 67.6 Å². The van der Waals surface area contributed by atoms with Gasteiger partial charge in [-0.3, -0.25) is 9.69 Å². The van der Waals surface area contributed by atoms with Crippen LogP contribution in [0, 0.1) is 0 Å². The van der Waals surface area contributed by atoms with Crippen LogP contribution in [0.25, 0.3) is 10.9 Å². The lowest BCUT2D eigenvalue weighted by atomic mass is 10.0. The van der Waals surface area contributed by atoms with Gasteiger partial charge in [-0.15, -0.1) is 16.4 Å². The van der Waals surface area contributed by atoms with E-state index < -0.39 is 11.6 Å². The summed E-state index contributed by atoms with van der Waals surface area (Å²) in [5.41, 5.74) is 0.617. The quantitative estimate of drug-likeness (QED) is 0.339. The molecule has 38 heavy (non-hydrogen) atoms. The van der Waals surface area contributed by atoms with E-state index in [-0.39, 0.29) is 11.7 Å². The molecule has 0 radical (unpaired) electrons. The first-order valence-corrected chi connectivity index (χ1v) is 13.6.